The summed E-state index contributed by atoms with van der Waals surface area (Å²) in [5, 5.41) is 2.66. The van der Waals surface area contributed by atoms with Gasteiger partial charge in [-0.2, -0.15) is 0 Å². The number of hydrogen-bond donors (Lipinski definition) is 2. The highest BCUT2D eigenvalue weighted by Gasteiger charge is 2.25. The second-order valence-corrected chi connectivity index (χ2v) is 13.6. The third-order valence-corrected chi connectivity index (χ3v) is 9.97. The van der Waals surface area contributed by atoms with Crippen LogP contribution in [0.25, 0.3) is 5.69 Å². The Morgan fingerprint density at radius 1 is 0.913 bits per heavy atom. The first-order valence-corrected chi connectivity index (χ1v) is 16.5. The molecule has 5 rings (SSSR count). The second kappa shape index (κ2) is 12.9. The zero-order valence-corrected chi connectivity index (χ0v) is 27.7. The molecule has 0 radical (unpaired) electrons. The highest BCUT2D eigenvalue weighted by atomic mass is 35.5. The van der Waals surface area contributed by atoms with E-state index >= 15 is 0 Å². The van der Waals surface area contributed by atoms with Gasteiger partial charge in [-0.15, -0.1) is 0 Å². The van der Waals surface area contributed by atoms with Crippen molar-refractivity contribution in [1.29, 1.82) is 0 Å². The van der Waals surface area contributed by atoms with Gasteiger partial charge in [0.15, 0.2) is 0 Å². The van der Waals surface area contributed by atoms with Gasteiger partial charge >= 0.3 is 0 Å². The number of hydrogen-bond acceptors (Lipinski definition) is 5. The largest absolute Gasteiger partial charge is 0.457 e. The molecule has 0 bridgehead atoms. The lowest BCUT2D eigenvalue weighted by Gasteiger charge is -2.23. The van der Waals surface area contributed by atoms with E-state index in [0.717, 1.165) is 6.42 Å². The maximum absolute atomic E-state index is 13.5. The van der Waals surface area contributed by atoms with Crippen molar-refractivity contribution in [2.75, 3.05) is 10.0 Å². The number of rotatable bonds is 10. The van der Waals surface area contributed by atoms with Gasteiger partial charge in [0, 0.05) is 18.3 Å². The van der Waals surface area contributed by atoms with Crippen LogP contribution in [-0.4, -0.2) is 23.7 Å². The molecule has 0 saturated heterocycles. The number of aromatic nitrogens is 2. The molecular weight excluding hydrogens is 624 g/mol. The average molecular weight is 659 g/mol. The van der Waals surface area contributed by atoms with Crippen molar-refractivity contribution in [1.82, 2.24) is 9.36 Å². The first kappa shape index (κ1) is 32.6. The Balaban J connectivity index is 1.31. The Kier molecular flexibility index (Phi) is 9.14. The van der Waals surface area contributed by atoms with Crippen LogP contribution in [0.1, 0.15) is 48.8 Å². The van der Waals surface area contributed by atoms with Crippen LogP contribution in [0.3, 0.4) is 0 Å². The summed E-state index contributed by atoms with van der Waals surface area (Å²) in [4.78, 5) is 26.1. The molecule has 2 N–H and O–H groups in total. The minimum Gasteiger partial charge on any atom is -0.457 e. The van der Waals surface area contributed by atoms with E-state index in [9.17, 15) is 18.0 Å². The van der Waals surface area contributed by atoms with Crippen molar-refractivity contribution in [2.45, 2.75) is 44.4 Å². The van der Waals surface area contributed by atoms with Crippen LogP contribution >= 0.6 is 11.6 Å². The fraction of sp³-hybridized carbons (Fsp3) is 0.200. The Morgan fingerprint density at radius 3 is 2.13 bits per heavy atom. The minimum atomic E-state index is -4.36. The molecule has 11 heteroatoms. The third-order valence-electron chi connectivity index (χ3n) is 8.14. The lowest BCUT2D eigenvalue weighted by atomic mass is 9.82. The fourth-order valence-electron chi connectivity index (χ4n) is 4.85. The number of carbonyl (C=O) groups excluding carboxylic acids is 1. The standard InChI is InChI=1S/C35H35ClN4O5S/c1-6-35(3,4)25-13-17-28(18-14-25)45-29-19-15-26(16-20-29)37-33(41)24-12-21-30(36)31(22-24)46(43,44)38-32-23(2)39(5)40(34(32)42)27-10-8-7-9-11-27/h7-22,38H,6H2,1-5H3,(H,37,41). The Labute approximate surface area is 273 Å². The predicted octanol–water partition coefficient (Wildman–Crippen LogP) is 7.67. The van der Waals surface area contributed by atoms with Crippen molar-refractivity contribution >= 4 is 38.9 Å². The van der Waals surface area contributed by atoms with Crippen LogP contribution in [0.2, 0.25) is 5.02 Å². The number of benzene rings is 4. The van der Waals surface area contributed by atoms with Gasteiger partial charge in [-0.25, -0.2) is 13.1 Å². The van der Waals surface area contributed by atoms with E-state index in [0.29, 0.717) is 28.6 Å². The molecule has 46 heavy (non-hydrogen) atoms. The highest BCUT2D eigenvalue weighted by molar-refractivity contribution is 7.92. The summed E-state index contributed by atoms with van der Waals surface area (Å²) >= 11 is 6.29. The maximum atomic E-state index is 13.5. The monoisotopic (exact) mass is 658 g/mol. The minimum absolute atomic E-state index is 0.0617. The van der Waals surface area contributed by atoms with E-state index in [1.165, 1.54) is 28.4 Å². The van der Waals surface area contributed by atoms with E-state index in [1.54, 1.807) is 67.2 Å². The molecule has 1 aromatic heterocycles. The number of para-hydroxylation sites is 1. The van der Waals surface area contributed by atoms with Crippen molar-refractivity contribution in [2.24, 2.45) is 7.05 Å². The number of amides is 1. The lowest BCUT2D eigenvalue weighted by Crippen LogP contribution is -2.23. The summed E-state index contributed by atoms with van der Waals surface area (Å²) in [6.07, 6.45) is 1.02. The van der Waals surface area contributed by atoms with Gasteiger partial charge < -0.3 is 10.1 Å². The highest BCUT2D eigenvalue weighted by Crippen LogP contribution is 2.30. The normalized spacial score (nSPS) is 11.7. The number of anilines is 2. The summed E-state index contributed by atoms with van der Waals surface area (Å²) in [6.45, 7) is 8.19. The number of sulfonamides is 1. The first-order chi connectivity index (χ1) is 21.8. The number of nitrogens with one attached hydrogen (secondary N) is 2. The van der Waals surface area contributed by atoms with Crippen molar-refractivity contribution < 1.29 is 17.9 Å². The molecule has 238 valence electrons. The van der Waals surface area contributed by atoms with E-state index in [-0.39, 0.29) is 26.6 Å². The molecule has 0 aliphatic heterocycles. The maximum Gasteiger partial charge on any atom is 0.296 e. The summed E-state index contributed by atoms with van der Waals surface area (Å²) in [6, 6.07) is 27.6. The van der Waals surface area contributed by atoms with Crippen LogP contribution in [0.4, 0.5) is 11.4 Å². The molecule has 5 aromatic rings. The topological polar surface area (TPSA) is 111 Å². The molecule has 4 aromatic carbocycles. The number of ether oxygens (including phenoxy) is 1. The van der Waals surface area contributed by atoms with Crippen LogP contribution in [0.5, 0.6) is 11.5 Å². The van der Waals surface area contributed by atoms with Gasteiger partial charge in [-0.3, -0.25) is 19.0 Å². The van der Waals surface area contributed by atoms with E-state index in [1.807, 2.05) is 18.2 Å². The van der Waals surface area contributed by atoms with Gasteiger partial charge in [-0.1, -0.05) is 62.7 Å². The molecule has 0 saturated carbocycles. The van der Waals surface area contributed by atoms with Crippen LogP contribution in [-0.2, 0) is 22.5 Å². The molecule has 1 amide bonds. The molecule has 9 nitrogen and oxygen atoms in total. The Morgan fingerprint density at radius 2 is 1.52 bits per heavy atom. The molecule has 0 spiro atoms. The first-order valence-electron chi connectivity index (χ1n) is 14.7. The van der Waals surface area contributed by atoms with Gasteiger partial charge in [0.2, 0.25) is 0 Å². The predicted molar refractivity (Wildman–Crippen MR) is 182 cm³/mol. The van der Waals surface area contributed by atoms with Gasteiger partial charge in [-0.05, 0) is 91.1 Å². The smallest absolute Gasteiger partial charge is 0.296 e. The van der Waals surface area contributed by atoms with E-state index < -0.39 is 21.5 Å². The number of nitrogens with zero attached hydrogens (tertiary/aromatic N) is 2. The molecule has 1 heterocycles. The zero-order valence-electron chi connectivity index (χ0n) is 26.2. The lowest BCUT2D eigenvalue weighted by molar-refractivity contribution is 0.102. The average Bonchev–Trinajstić information content (AvgIpc) is 3.25. The van der Waals surface area contributed by atoms with Crippen molar-refractivity contribution in [3.05, 3.63) is 129 Å². The third kappa shape index (κ3) is 6.73. The summed E-state index contributed by atoms with van der Waals surface area (Å²) in [5.74, 6) is 0.743. The fourth-order valence-corrected chi connectivity index (χ4v) is 6.49. The van der Waals surface area contributed by atoms with Crippen LogP contribution in [0, 0.1) is 6.92 Å². The molecular formula is C35H35ClN4O5S. The Bertz CT molecular complexity index is 2050. The van der Waals surface area contributed by atoms with Crippen molar-refractivity contribution in [3.63, 3.8) is 0 Å². The van der Waals surface area contributed by atoms with Crippen LogP contribution in [0.15, 0.2) is 107 Å². The second-order valence-electron chi connectivity index (χ2n) is 11.5. The quantitative estimate of drug-likeness (QED) is 0.160. The van der Waals surface area contributed by atoms with E-state index in [4.69, 9.17) is 16.3 Å². The number of carbonyl (C=O) groups is 1. The summed E-state index contributed by atoms with van der Waals surface area (Å²) in [7, 11) is -2.70. The molecule has 0 aliphatic carbocycles. The Hall–Kier alpha value is -4.80. The molecule has 0 aliphatic rings. The van der Waals surface area contributed by atoms with Gasteiger partial charge in [0.1, 0.15) is 22.1 Å². The van der Waals surface area contributed by atoms with E-state index in [2.05, 4.69) is 42.9 Å². The molecule has 0 fully saturated rings. The summed E-state index contributed by atoms with van der Waals surface area (Å²) in [5.41, 5.74) is 2.15. The number of halogens is 1. The molecule has 0 atom stereocenters. The van der Waals surface area contributed by atoms with Gasteiger partial charge in [0.25, 0.3) is 21.5 Å². The van der Waals surface area contributed by atoms with Gasteiger partial charge in [0.05, 0.1) is 16.4 Å². The zero-order chi connectivity index (χ0) is 33.2. The van der Waals surface area contributed by atoms with Crippen LogP contribution < -0.4 is 20.3 Å². The summed E-state index contributed by atoms with van der Waals surface area (Å²) < 4.78 is 38.2. The van der Waals surface area contributed by atoms with Crippen molar-refractivity contribution in [3.8, 4) is 17.2 Å². The molecule has 0 unspecified atom stereocenters. The SMILES string of the molecule is CCC(C)(C)c1ccc(Oc2ccc(NC(=O)c3ccc(Cl)c(S(=O)(=O)Nc4c(C)n(C)n(-c5ccccc5)c4=O)c3)cc2)cc1.